The summed E-state index contributed by atoms with van der Waals surface area (Å²) in [4.78, 5) is 14.2. The number of aliphatic carboxylic acids is 1. The van der Waals surface area contributed by atoms with Gasteiger partial charge in [0, 0.05) is 54.6 Å². The Bertz CT molecular complexity index is 1670. The van der Waals surface area contributed by atoms with Gasteiger partial charge < -0.3 is 14.6 Å². The van der Waals surface area contributed by atoms with Crippen LogP contribution in [0, 0.1) is 11.8 Å². The van der Waals surface area contributed by atoms with Crippen LogP contribution in [0.5, 0.6) is 5.75 Å². The van der Waals surface area contributed by atoms with Crippen LogP contribution < -0.4 is 9.04 Å². The predicted octanol–water partition coefficient (Wildman–Crippen LogP) is 6.32. The van der Waals surface area contributed by atoms with E-state index in [0.717, 1.165) is 12.3 Å². The number of anilines is 1. The zero-order valence-electron chi connectivity index (χ0n) is 22.5. The number of para-hydroxylation sites is 1. The van der Waals surface area contributed by atoms with E-state index in [2.05, 4.69) is 16.8 Å². The number of rotatable bonds is 9. The number of carbonyl (C=O) groups is 1. The highest BCUT2D eigenvalue weighted by Crippen LogP contribution is 2.43. The van der Waals surface area contributed by atoms with Gasteiger partial charge in [-0.05, 0) is 38.0 Å². The minimum Gasteiger partial charge on any atom is -0.492 e. The molecule has 0 radical (unpaired) electrons. The van der Waals surface area contributed by atoms with Gasteiger partial charge in [-0.15, -0.1) is 5.92 Å². The Hall–Kier alpha value is -3.79. The molecule has 0 saturated carbocycles. The number of fused-ring (bicyclic) bond motifs is 1. The van der Waals surface area contributed by atoms with E-state index in [1.165, 1.54) is 30.5 Å². The van der Waals surface area contributed by atoms with E-state index in [-0.39, 0.29) is 64.5 Å². The van der Waals surface area contributed by atoms with Crippen molar-refractivity contribution in [3.05, 3.63) is 70.5 Å². The minimum atomic E-state index is -4.73. The smallest absolute Gasteiger partial charge is 0.433 e. The van der Waals surface area contributed by atoms with Crippen molar-refractivity contribution >= 4 is 33.3 Å². The second kappa shape index (κ2) is 12.6. The third-order valence-electron chi connectivity index (χ3n) is 6.57. The summed E-state index contributed by atoms with van der Waals surface area (Å²) in [6.45, 7) is 1.40. The van der Waals surface area contributed by atoms with E-state index in [4.69, 9.17) is 26.2 Å². The van der Waals surface area contributed by atoms with Crippen molar-refractivity contribution in [3.8, 4) is 28.7 Å². The SMILES string of the molecule is CC#Cc1cc(C(F)(F)F)ncc1-c1cc(S(=O)(=O)N2CCC(OC)c3ccccc32)c(OCCCC(=O)O)cc1Cl. The molecule has 3 aromatic rings. The van der Waals surface area contributed by atoms with Crippen LogP contribution in [-0.2, 0) is 25.7 Å². The van der Waals surface area contributed by atoms with Gasteiger partial charge in [-0.2, -0.15) is 13.2 Å². The molecule has 0 amide bonds. The Morgan fingerprint density at radius 2 is 1.95 bits per heavy atom. The topological polar surface area (TPSA) is 106 Å². The van der Waals surface area contributed by atoms with Gasteiger partial charge in [-0.25, -0.2) is 8.42 Å². The highest BCUT2D eigenvalue weighted by atomic mass is 35.5. The molecule has 0 saturated heterocycles. The van der Waals surface area contributed by atoms with E-state index in [1.807, 2.05) is 0 Å². The lowest BCUT2D eigenvalue weighted by Crippen LogP contribution is -2.37. The maximum Gasteiger partial charge on any atom is 0.433 e. The number of carboxylic acid groups (broad SMARTS) is 1. The van der Waals surface area contributed by atoms with E-state index in [0.29, 0.717) is 17.7 Å². The normalized spacial score (nSPS) is 15.0. The second-order valence-electron chi connectivity index (χ2n) is 9.26. The molecule has 13 heteroatoms. The van der Waals surface area contributed by atoms with E-state index in [9.17, 15) is 26.4 Å². The molecule has 0 spiro atoms. The van der Waals surface area contributed by atoms with Gasteiger partial charge in [0.25, 0.3) is 10.0 Å². The van der Waals surface area contributed by atoms with Gasteiger partial charge in [0.05, 0.1) is 23.4 Å². The number of hydrogen-bond acceptors (Lipinski definition) is 6. The van der Waals surface area contributed by atoms with Crippen LogP contribution in [0.4, 0.5) is 18.9 Å². The van der Waals surface area contributed by atoms with Crippen LogP contribution >= 0.6 is 11.6 Å². The molecule has 1 N–H and O–H groups in total. The Labute approximate surface area is 246 Å². The fourth-order valence-corrected chi connectivity index (χ4v) is 6.54. The molecular formula is C29H26ClF3N2O6S. The standard InChI is InChI=1S/C29H26ClF3N2O6S/c1-3-7-18-14-27(29(31,32)33)34-17-21(18)20-15-26(25(16-22(20)30)41-13-6-10-28(36)37)42(38,39)35-12-11-24(40-2)19-8-4-5-9-23(19)35/h4-5,8-9,14-17,24H,6,10-13H2,1-2H3,(H,36,37). The molecule has 42 heavy (non-hydrogen) atoms. The summed E-state index contributed by atoms with van der Waals surface area (Å²) in [7, 11) is -2.82. The van der Waals surface area contributed by atoms with Crippen molar-refractivity contribution in [1.29, 1.82) is 0 Å². The maximum atomic E-state index is 14.3. The molecule has 0 aliphatic carbocycles. The Morgan fingerprint density at radius 1 is 1.21 bits per heavy atom. The largest absolute Gasteiger partial charge is 0.492 e. The zero-order valence-corrected chi connectivity index (χ0v) is 24.1. The van der Waals surface area contributed by atoms with Gasteiger partial charge in [0.15, 0.2) is 0 Å². The predicted molar refractivity (Wildman–Crippen MR) is 150 cm³/mol. The van der Waals surface area contributed by atoms with Crippen LogP contribution in [0.25, 0.3) is 11.1 Å². The van der Waals surface area contributed by atoms with E-state index < -0.39 is 27.9 Å². The molecule has 2 aromatic carbocycles. The molecular weight excluding hydrogens is 597 g/mol. The van der Waals surface area contributed by atoms with Crippen LogP contribution in [0.2, 0.25) is 5.02 Å². The number of methoxy groups -OCH3 is 1. The molecule has 1 aliphatic heterocycles. The van der Waals surface area contributed by atoms with Gasteiger partial charge >= 0.3 is 12.1 Å². The van der Waals surface area contributed by atoms with Crippen LogP contribution in [0.1, 0.15) is 49.1 Å². The maximum absolute atomic E-state index is 14.3. The van der Waals surface area contributed by atoms with Crippen molar-refractivity contribution in [2.24, 2.45) is 0 Å². The Balaban J connectivity index is 1.89. The number of benzene rings is 2. The number of halogens is 4. The van der Waals surface area contributed by atoms with E-state index in [1.54, 1.807) is 24.3 Å². The fraction of sp³-hybridized carbons (Fsp3) is 0.310. The summed E-state index contributed by atoms with van der Waals surface area (Å²) in [5.41, 5.74) is 0.0235. The molecule has 1 atom stereocenters. The van der Waals surface area contributed by atoms with Crippen molar-refractivity contribution in [2.75, 3.05) is 24.6 Å². The lowest BCUT2D eigenvalue weighted by atomic mass is 10.0. The first-order valence-electron chi connectivity index (χ1n) is 12.7. The van der Waals surface area contributed by atoms with Gasteiger partial charge in [-0.1, -0.05) is 35.7 Å². The number of sulfonamides is 1. The monoisotopic (exact) mass is 622 g/mol. The highest BCUT2D eigenvalue weighted by molar-refractivity contribution is 7.93. The number of nitrogens with zero attached hydrogens (tertiary/aromatic N) is 2. The molecule has 0 bridgehead atoms. The summed E-state index contributed by atoms with van der Waals surface area (Å²) in [6.07, 6.45) is -3.85. The van der Waals surface area contributed by atoms with Crippen molar-refractivity contribution < 1.29 is 41.0 Å². The summed E-state index contributed by atoms with van der Waals surface area (Å²) in [5.74, 6) is 4.00. The fourth-order valence-electron chi connectivity index (χ4n) is 4.64. The van der Waals surface area contributed by atoms with Crippen molar-refractivity contribution in [3.63, 3.8) is 0 Å². The Morgan fingerprint density at radius 3 is 2.62 bits per heavy atom. The summed E-state index contributed by atoms with van der Waals surface area (Å²) in [5, 5.41) is 8.94. The number of carboxylic acids is 1. The van der Waals surface area contributed by atoms with Crippen LogP contribution in [0.15, 0.2) is 53.6 Å². The molecule has 1 aliphatic rings. The quantitative estimate of drug-likeness (QED) is 0.220. The summed E-state index contributed by atoms with van der Waals surface area (Å²) < 4.78 is 81.2. The van der Waals surface area contributed by atoms with Gasteiger partial charge in [0.1, 0.15) is 16.3 Å². The van der Waals surface area contributed by atoms with Gasteiger partial charge in [-0.3, -0.25) is 14.1 Å². The number of alkyl halides is 3. The first-order valence-corrected chi connectivity index (χ1v) is 14.5. The first-order chi connectivity index (χ1) is 19.9. The number of hydrogen-bond donors (Lipinski definition) is 1. The molecule has 0 fully saturated rings. The van der Waals surface area contributed by atoms with E-state index >= 15 is 0 Å². The third kappa shape index (κ3) is 6.48. The summed E-state index contributed by atoms with van der Waals surface area (Å²) >= 11 is 6.56. The molecule has 2 heterocycles. The second-order valence-corrected chi connectivity index (χ2v) is 11.5. The number of pyridine rings is 1. The highest BCUT2D eigenvalue weighted by Gasteiger charge is 2.36. The zero-order chi connectivity index (χ0) is 30.7. The third-order valence-corrected chi connectivity index (χ3v) is 8.72. The summed E-state index contributed by atoms with van der Waals surface area (Å²) in [6, 6.07) is 10.1. The number of aromatic nitrogens is 1. The lowest BCUT2D eigenvalue weighted by Gasteiger charge is -2.34. The molecule has 4 rings (SSSR count). The molecule has 1 unspecified atom stereocenters. The van der Waals surface area contributed by atoms with Crippen molar-refractivity contribution in [1.82, 2.24) is 4.98 Å². The molecule has 8 nitrogen and oxygen atoms in total. The minimum absolute atomic E-state index is 0.0265. The average Bonchev–Trinajstić information content (AvgIpc) is 2.94. The lowest BCUT2D eigenvalue weighted by molar-refractivity contribution is -0.141. The van der Waals surface area contributed by atoms with Crippen molar-refractivity contribution in [2.45, 2.75) is 43.4 Å². The molecule has 222 valence electrons. The van der Waals surface area contributed by atoms with Crippen LogP contribution in [-0.4, -0.2) is 44.7 Å². The molecule has 1 aromatic heterocycles. The average molecular weight is 623 g/mol. The van der Waals surface area contributed by atoms with Crippen LogP contribution in [0.3, 0.4) is 0 Å². The van der Waals surface area contributed by atoms with Gasteiger partial charge in [0.2, 0.25) is 0 Å². The number of ether oxygens (including phenoxy) is 2. The first kappa shape index (κ1) is 31.2. The Kier molecular flexibility index (Phi) is 9.35.